The Hall–Kier alpha value is -0.860. The van der Waals surface area contributed by atoms with Gasteiger partial charge in [0.1, 0.15) is 0 Å². The van der Waals surface area contributed by atoms with Crippen molar-refractivity contribution in [1.82, 2.24) is 4.90 Å². The summed E-state index contributed by atoms with van der Waals surface area (Å²) < 4.78 is 0. The molecule has 0 radical (unpaired) electrons. The Kier molecular flexibility index (Phi) is 4.19. The van der Waals surface area contributed by atoms with E-state index in [1.807, 2.05) is 0 Å². The lowest BCUT2D eigenvalue weighted by Gasteiger charge is -2.38. The average Bonchev–Trinajstić information content (AvgIpc) is 2.96. The standard InChI is InChI=1S/C17H26N2/c18-16-10-8-15(9-11-16)17(19-12-4-5-13-19)14-6-2-1-3-7-14/h1-3,6-7,15-17H,4-5,8-13,18H2. The van der Waals surface area contributed by atoms with Crippen LogP contribution in [0.15, 0.2) is 30.3 Å². The second-order valence-corrected chi connectivity index (χ2v) is 6.27. The molecule has 2 fully saturated rings. The molecule has 0 bridgehead atoms. The largest absolute Gasteiger partial charge is 0.328 e. The monoisotopic (exact) mass is 258 g/mol. The van der Waals surface area contributed by atoms with E-state index in [0.29, 0.717) is 12.1 Å². The highest BCUT2D eigenvalue weighted by Crippen LogP contribution is 2.39. The maximum Gasteiger partial charge on any atom is 0.0376 e. The number of hydrogen-bond donors (Lipinski definition) is 1. The van der Waals surface area contributed by atoms with Gasteiger partial charge in [0.05, 0.1) is 0 Å². The minimum Gasteiger partial charge on any atom is -0.328 e. The topological polar surface area (TPSA) is 29.3 Å². The third-order valence-electron chi connectivity index (χ3n) is 4.94. The number of hydrogen-bond acceptors (Lipinski definition) is 2. The fourth-order valence-corrected chi connectivity index (χ4v) is 3.91. The van der Waals surface area contributed by atoms with Gasteiger partial charge in [0, 0.05) is 12.1 Å². The van der Waals surface area contributed by atoms with Crippen LogP contribution in [0.1, 0.15) is 50.1 Å². The summed E-state index contributed by atoms with van der Waals surface area (Å²) in [6.07, 6.45) is 7.77. The van der Waals surface area contributed by atoms with Crippen LogP contribution in [0.25, 0.3) is 0 Å². The number of nitrogens with two attached hydrogens (primary N) is 1. The molecular weight excluding hydrogens is 232 g/mol. The summed E-state index contributed by atoms with van der Waals surface area (Å²) in [5.41, 5.74) is 7.59. The van der Waals surface area contributed by atoms with Crippen LogP contribution in [0.4, 0.5) is 0 Å². The Morgan fingerprint density at radius 2 is 1.58 bits per heavy atom. The van der Waals surface area contributed by atoms with E-state index in [4.69, 9.17) is 5.73 Å². The van der Waals surface area contributed by atoms with Crippen LogP contribution in [0.2, 0.25) is 0 Å². The molecule has 2 heteroatoms. The van der Waals surface area contributed by atoms with Crippen molar-refractivity contribution in [2.45, 2.75) is 50.6 Å². The third kappa shape index (κ3) is 3.01. The molecule has 0 aromatic heterocycles. The van der Waals surface area contributed by atoms with E-state index in [-0.39, 0.29) is 0 Å². The third-order valence-corrected chi connectivity index (χ3v) is 4.94. The van der Waals surface area contributed by atoms with E-state index in [0.717, 1.165) is 5.92 Å². The van der Waals surface area contributed by atoms with Gasteiger partial charge in [-0.1, -0.05) is 30.3 Å². The van der Waals surface area contributed by atoms with Gasteiger partial charge in [-0.3, -0.25) is 4.90 Å². The highest BCUT2D eigenvalue weighted by Gasteiger charge is 2.32. The Morgan fingerprint density at radius 3 is 2.21 bits per heavy atom. The summed E-state index contributed by atoms with van der Waals surface area (Å²) in [5.74, 6) is 0.806. The van der Waals surface area contributed by atoms with E-state index >= 15 is 0 Å². The van der Waals surface area contributed by atoms with Crippen LogP contribution in [-0.2, 0) is 0 Å². The Bertz CT molecular complexity index is 376. The maximum absolute atomic E-state index is 6.08. The van der Waals surface area contributed by atoms with Gasteiger partial charge in [0.25, 0.3) is 0 Å². The summed E-state index contributed by atoms with van der Waals surface area (Å²) in [6, 6.07) is 12.2. The molecule has 1 aromatic carbocycles. The van der Waals surface area contributed by atoms with Gasteiger partial charge in [-0.2, -0.15) is 0 Å². The first-order chi connectivity index (χ1) is 9.34. The molecular formula is C17H26N2. The minimum absolute atomic E-state index is 0.450. The first kappa shape index (κ1) is 13.1. The van der Waals surface area contributed by atoms with Gasteiger partial charge in [-0.25, -0.2) is 0 Å². The van der Waals surface area contributed by atoms with Crippen molar-refractivity contribution in [3.63, 3.8) is 0 Å². The lowest BCUT2D eigenvalue weighted by atomic mass is 9.79. The zero-order valence-corrected chi connectivity index (χ0v) is 11.8. The predicted molar refractivity (Wildman–Crippen MR) is 79.9 cm³/mol. The average molecular weight is 258 g/mol. The number of likely N-dealkylation sites (tertiary alicyclic amines) is 1. The Labute approximate surface area is 117 Å². The molecule has 2 N–H and O–H groups in total. The van der Waals surface area contributed by atoms with Gasteiger partial charge >= 0.3 is 0 Å². The van der Waals surface area contributed by atoms with E-state index in [1.54, 1.807) is 0 Å². The number of benzene rings is 1. The van der Waals surface area contributed by atoms with Crippen LogP contribution >= 0.6 is 0 Å². The molecule has 1 saturated carbocycles. The van der Waals surface area contributed by atoms with Gasteiger partial charge in [-0.05, 0) is 63.1 Å². The van der Waals surface area contributed by atoms with Crippen molar-refractivity contribution >= 4 is 0 Å². The zero-order chi connectivity index (χ0) is 13.1. The Morgan fingerprint density at radius 1 is 0.947 bits per heavy atom. The summed E-state index contributed by atoms with van der Waals surface area (Å²) in [6.45, 7) is 2.56. The molecule has 0 amide bonds. The van der Waals surface area contributed by atoms with E-state index in [2.05, 4.69) is 35.2 Å². The first-order valence-electron chi connectivity index (χ1n) is 7.89. The molecule has 2 aliphatic rings. The second-order valence-electron chi connectivity index (χ2n) is 6.27. The maximum atomic E-state index is 6.08. The van der Waals surface area contributed by atoms with E-state index in [9.17, 15) is 0 Å². The van der Waals surface area contributed by atoms with Gasteiger partial charge < -0.3 is 5.73 Å². The summed E-state index contributed by atoms with van der Waals surface area (Å²) >= 11 is 0. The number of rotatable bonds is 3. The molecule has 3 rings (SSSR count). The number of nitrogens with zero attached hydrogens (tertiary/aromatic N) is 1. The van der Waals surface area contributed by atoms with Crippen LogP contribution in [0, 0.1) is 5.92 Å². The van der Waals surface area contributed by atoms with Gasteiger partial charge in [-0.15, -0.1) is 0 Å². The van der Waals surface area contributed by atoms with E-state index in [1.165, 1.54) is 57.2 Å². The van der Waals surface area contributed by atoms with E-state index < -0.39 is 0 Å². The second kappa shape index (κ2) is 6.06. The van der Waals surface area contributed by atoms with Gasteiger partial charge in [0.2, 0.25) is 0 Å². The van der Waals surface area contributed by atoms with Crippen molar-refractivity contribution in [1.29, 1.82) is 0 Å². The quantitative estimate of drug-likeness (QED) is 0.901. The summed E-state index contributed by atoms with van der Waals surface area (Å²) in [7, 11) is 0. The fourth-order valence-electron chi connectivity index (χ4n) is 3.91. The molecule has 1 unspecified atom stereocenters. The molecule has 19 heavy (non-hydrogen) atoms. The van der Waals surface area contributed by atoms with Crippen LogP contribution < -0.4 is 5.73 Å². The highest BCUT2D eigenvalue weighted by atomic mass is 15.2. The molecule has 1 saturated heterocycles. The van der Waals surface area contributed by atoms with Crippen molar-refractivity contribution in [3.05, 3.63) is 35.9 Å². The van der Waals surface area contributed by atoms with Crippen LogP contribution in [0.5, 0.6) is 0 Å². The van der Waals surface area contributed by atoms with Crippen molar-refractivity contribution in [2.24, 2.45) is 11.7 Å². The zero-order valence-electron chi connectivity index (χ0n) is 11.8. The molecule has 1 aliphatic carbocycles. The van der Waals surface area contributed by atoms with Crippen molar-refractivity contribution < 1.29 is 0 Å². The molecule has 2 nitrogen and oxygen atoms in total. The van der Waals surface area contributed by atoms with Crippen molar-refractivity contribution in [2.75, 3.05) is 13.1 Å². The summed E-state index contributed by atoms with van der Waals surface area (Å²) in [4.78, 5) is 2.72. The van der Waals surface area contributed by atoms with Crippen LogP contribution in [-0.4, -0.2) is 24.0 Å². The summed E-state index contributed by atoms with van der Waals surface area (Å²) in [5, 5.41) is 0. The SMILES string of the molecule is NC1CCC(C(c2ccccc2)N2CCCC2)CC1. The molecule has 1 aliphatic heterocycles. The normalized spacial score (nSPS) is 30.4. The smallest absolute Gasteiger partial charge is 0.0376 e. The lowest BCUT2D eigenvalue weighted by molar-refractivity contribution is 0.138. The van der Waals surface area contributed by atoms with Crippen molar-refractivity contribution in [3.8, 4) is 0 Å². The molecule has 1 aromatic rings. The fraction of sp³-hybridized carbons (Fsp3) is 0.647. The first-order valence-corrected chi connectivity index (χ1v) is 7.89. The minimum atomic E-state index is 0.450. The Balaban J connectivity index is 1.80. The molecule has 1 heterocycles. The molecule has 1 atom stereocenters. The van der Waals surface area contributed by atoms with Crippen LogP contribution in [0.3, 0.4) is 0 Å². The predicted octanol–water partition coefficient (Wildman–Crippen LogP) is 3.34. The lowest BCUT2D eigenvalue weighted by Crippen LogP contribution is -2.36. The highest BCUT2D eigenvalue weighted by molar-refractivity contribution is 5.20. The van der Waals surface area contributed by atoms with Gasteiger partial charge in [0.15, 0.2) is 0 Å². The molecule has 0 spiro atoms. The molecule has 104 valence electrons.